The predicted molar refractivity (Wildman–Crippen MR) is 338 cm³/mol. The molecule has 86 heavy (non-hydrogen) atoms. The molecule has 0 fully saturated rings. The third kappa shape index (κ3) is 11.8. The van der Waals surface area contributed by atoms with Crippen molar-refractivity contribution < 1.29 is 23.7 Å². The zero-order valence-electron chi connectivity index (χ0n) is 49.9. The van der Waals surface area contributed by atoms with Crippen molar-refractivity contribution in [1.82, 2.24) is 24.9 Å². The van der Waals surface area contributed by atoms with Crippen LogP contribution in [0.25, 0.3) is 44.6 Å². The molecule has 4 atom stereocenters. The smallest absolute Gasteiger partial charge is 0.240 e. The first-order valence-corrected chi connectivity index (χ1v) is 30.2. The molecule has 14 heteroatoms. The summed E-state index contributed by atoms with van der Waals surface area (Å²) in [5.74, 6) is 3.87. The van der Waals surface area contributed by atoms with E-state index >= 15 is 0 Å². The Kier molecular flexibility index (Phi) is 15.6. The number of aliphatic imine (C=N–C) groups is 4. The molecule has 16 rings (SSSR count). The van der Waals surface area contributed by atoms with Gasteiger partial charge in [0.1, 0.15) is 60.6 Å². The Balaban J connectivity index is 0.000000106. The van der Waals surface area contributed by atoms with Crippen molar-refractivity contribution in [1.29, 1.82) is 0 Å². The molecule has 0 radical (unpaired) electrons. The fourth-order valence-corrected chi connectivity index (χ4v) is 14.1. The van der Waals surface area contributed by atoms with Crippen LogP contribution >= 0.6 is 0 Å². The van der Waals surface area contributed by atoms with E-state index < -0.39 is 0 Å². The molecule has 4 spiro atoms. The third-order valence-electron chi connectivity index (χ3n) is 18.3. The normalized spacial score (nSPS) is 23.3. The van der Waals surface area contributed by atoms with Crippen LogP contribution in [0.5, 0.6) is 5.88 Å². The second-order valence-electron chi connectivity index (χ2n) is 24.2. The highest BCUT2D eigenvalue weighted by atomic mass is 16.5. The highest BCUT2D eigenvalue weighted by Gasteiger charge is 2.43. The number of fused-ring (bicyclic) bond motifs is 4. The molecular weight excluding hydrogens is 1070 g/mol. The van der Waals surface area contributed by atoms with Crippen molar-refractivity contribution in [2.45, 2.75) is 127 Å². The summed E-state index contributed by atoms with van der Waals surface area (Å²) >= 11 is 0. The van der Waals surface area contributed by atoms with E-state index in [2.05, 4.69) is 134 Å². The van der Waals surface area contributed by atoms with Crippen molar-refractivity contribution in [3.05, 3.63) is 203 Å². The van der Waals surface area contributed by atoms with Crippen molar-refractivity contribution in [3.63, 3.8) is 0 Å². The lowest BCUT2D eigenvalue weighted by atomic mass is 9.76. The molecule has 14 nitrogen and oxygen atoms in total. The Hall–Kier alpha value is -8.91. The van der Waals surface area contributed by atoms with Gasteiger partial charge in [0.25, 0.3) is 0 Å². The largest absolute Gasteiger partial charge is 0.479 e. The Bertz CT molecular complexity index is 3800. The summed E-state index contributed by atoms with van der Waals surface area (Å²) in [5, 5.41) is 0. The second kappa shape index (κ2) is 23.9. The lowest BCUT2D eigenvalue weighted by molar-refractivity contribution is 0.236. The molecule has 0 bridgehead atoms. The first-order valence-electron chi connectivity index (χ1n) is 30.2. The summed E-state index contributed by atoms with van der Waals surface area (Å²) < 4.78 is 27.9. The van der Waals surface area contributed by atoms with E-state index in [9.17, 15) is 0 Å². The number of ether oxygens (including phenoxy) is 5. The topological polar surface area (TPSA) is 160 Å². The number of hydrogen-bond acceptors (Lipinski definition) is 14. The number of nitrogens with zero attached hydrogens (tertiary/aromatic N) is 9. The number of hydrogen-bond donors (Lipinski definition) is 0. The summed E-state index contributed by atoms with van der Waals surface area (Å²) in [6.07, 6.45) is 24.7. The maximum atomic E-state index is 5.66. The lowest BCUT2D eigenvalue weighted by Crippen LogP contribution is -2.35. The van der Waals surface area contributed by atoms with Gasteiger partial charge in [-0.3, -0.25) is 4.98 Å². The van der Waals surface area contributed by atoms with E-state index in [1.807, 2.05) is 58.5 Å². The van der Waals surface area contributed by atoms with Crippen LogP contribution in [0.4, 0.5) is 0 Å². The van der Waals surface area contributed by atoms with Gasteiger partial charge in [-0.2, -0.15) is 0 Å². The van der Waals surface area contributed by atoms with Gasteiger partial charge in [0.2, 0.25) is 5.88 Å². The summed E-state index contributed by atoms with van der Waals surface area (Å²) in [7, 11) is 1.63. The molecule has 8 aliphatic rings. The van der Waals surface area contributed by atoms with Crippen LogP contribution in [-0.4, -0.2) is 104 Å². The van der Waals surface area contributed by atoms with Crippen molar-refractivity contribution in [3.8, 4) is 50.5 Å². The van der Waals surface area contributed by atoms with Gasteiger partial charge in [-0.1, -0.05) is 109 Å². The highest BCUT2D eigenvalue weighted by Crippen LogP contribution is 2.43. The molecule has 5 aromatic carbocycles. The average Bonchev–Trinajstić information content (AvgIpc) is 4.54. The van der Waals surface area contributed by atoms with Crippen LogP contribution in [0.2, 0.25) is 0 Å². The molecule has 1 unspecified atom stereocenters. The minimum absolute atomic E-state index is 0.0258. The van der Waals surface area contributed by atoms with Gasteiger partial charge in [0.15, 0.2) is 23.6 Å². The predicted octanol–water partition coefficient (Wildman–Crippen LogP) is 13.1. The summed E-state index contributed by atoms with van der Waals surface area (Å²) in [5.41, 5.74) is 20.3. The lowest BCUT2D eigenvalue weighted by Gasteiger charge is -2.32. The monoisotopic (exact) mass is 1140 g/mol. The number of pyridine rings is 1. The maximum Gasteiger partial charge on any atom is 0.240 e. The highest BCUT2D eigenvalue weighted by molar-refractivity contribution is 5.79. The van der Waals surface area contributed by atoms with E-state index in [0.717, 1.165) is 137 Å². The van der Waals surface area contributed by atoms with E-state index in [0.29, 0.717) is 12.5 Å². The Morgan fingerprint density at radius 3 is 1.44 bits per heavy atom. The Labute approximate surface area is 504 Å². The first kappa shape index (κ1) is 56.2. The van der Waals surface area contributed by atoms with Gasteiger partial charge in [0.05, 0.1) is 7.11 Å². The zero-order chi connectivity index (χ0) is 58.7. The third-order valence-corrected chi connectivity index (χ3v) is 18.3. The zero-order valence-corrected chi connectivity index (χ0v) is 49.9. The SMILES string of the molecule is CC1=N[C@@]2(CCc3cccc(-c4cccnc4)c3C2)CO1.CC1=N[C@]2(CCc3ccc(-c4cncnc4)cc3C2)CO1.CC1=N[C@]2(CCc3cccc(-c4ccccc4)c3C2)CO1.COc1nccnc1-c1cccc2c1CCC1(COC(C)=N1)C2. The quantitative estimate of drug-likeness (QED) is 0.162. The molecule has 436 valence electrons. The molecule has 7 heterocycles. The second-order valence-corrected chi connectivity index (χ2v) is 24.2. The van der Waals surface area contributed by atoms with Crippen molar-refractivity contribution in [2.75, 3.05) is 33.5 Å². The standard InChI is InChI=1S/C19H19NO.C18H19N3O2.C18H18N2O.C17H17N3O/c1-14-20-19(13-21-14)11-10-16-8-5-9-17(18(16)12-19)15-6-3-2-4-7-15;1-12-21-18(11-23-12)7-6-14-13(10-18)4-3-5-15(14)16-17(22-2)20-9-8-19-16;1-13-20-18(12-21-13)8-7-14-4-2-6-16(17(14)10-18)15-5-3-9-19-11-15;1-12-20-17(10-21-12)5-4-13-2-3-14(6-15(13)7-17)16-8-18-11-19-9-16/h2-9H,10-13H2,1H3;3-5,8-9H,6-7,10-11H2,1-2H3;2-6,9,11H,7-8,10,12H2,1H3;2-3,6,8-9,11H,4-5,7,10H2,1H3/t19-;;18-;17-/m0.10/s1. The molecule has 4 aliphatic carbocycles. The molecule has 0 saturated heterocycles. The minimum atomic E-state index is -0.0812. The minimum Gasteiger partial charge on any atom is -0.479 e. The van der Waals surface area contributed by atoms with Crippen LogP contribution < -0.4 is 4.74 Å². The summed E-state index contributed by atoms with van der Waals surface area (Å²) in [6, 6.07) is 41.1. The van der Waals surface area contributed by atoms with E-state index in [1.165, 1.54) is 72.3 Å². The number of aryl methyl sites for hydroxylation is 3. The number of benzene rings is 5. The maximum absolute atomic E-state index is 5.66. The Morgan fingerprint density at radius 1 is 0.384 bits per heavy atom. The van der Waals surface area contributed by atoms with Gasteiger partial charge in [0, 0.05) is 107 Å². The molecule has 0 amide bonds. The van der Waals surface area contributed by atoms with Gasteiger partial charge >= 0.3 is 0 Å². The number of aromatic nitrogens is 5. The van der Waals surface area contributed by atoms with Crippen LogP contribution in [0.3, 0.4) is 0 Å². The summed E-state index contributed by atoms with van der Waals surface area (Å²) in [6.45, 7) is 10.7. The van der Waals surface area contributed by atoms with Gasteiger partial charge in [-0.15, -0.1) is 0 Å². The van der Waals surface area contributed by atoms with E-state index in [4.69, 9.17) is 43.7 Å². The molecule has 0 saturated carbocycles. The van der Waals surface area contributed by atoms with Gasteiger partial charge < -0.3 is 23.7 Å². The molecule has 4 aliphatic heterocycles. The first-order chi connectivity index (χ1) is 42.0. The fraction of sp³-hybridized carbons (Fsp3) is 0.347. The molecule has 8 aromatic rings. The van der Waals surface area contributed by atoms with Gasteiger partial charge in [-0.05, 0) is 124 Å². The number of methoxy groups -OCH3 is 1. The molecular formula is C72H73N9O5. The number of rotatable bonds is 5. The fourth-order valence-electron chi connectivity index (χ4n) is 14.1. The van der Waals surface area contributed by atoms with E-state index in [-0.39, 0.29) is 22.2 Å². The summed E-state index contributed by atoms with van der Waals surface area (Å²) in [4.78, 5) is 40.3. The van der Waals surface area contributed by atoms with Crippen LogP contribution in [0, 0.1) is 0 Å². The molecule has 3 aromatic heterocycles. The molecule has 0 N–H and O–H groups in total. The van der Waals surface area contributed by atoms with Crippen molar-refractivity contribution >= 4 is 23.6 Å². The van der Waals surface area contributed by atoms with Gasteiger partial charge in [-0.25, -0.2) is 39.9 Å². The average molecular weight is 1140 g/mol. The van der Waals surface area contributed by atoms with Crippen LogP contribution in [0.1, 0.15) is 97.9 Å². The van der Waals surface area contributed by atoms with E-state index in [1.54, 1.807) is 25.8 Å². The van der Waals surface area contributed by atoms with Crippen LogP contribution in [-0.2, 0) is 70.3 Å². The Morgan fingerprint density at radius 2 is 0.884 bits per heavy atom. The van der Waals surface area contributed by atoms with Crippen LogP contribution in [0.15, 0.2) is 179 Å². The van der Waals surface area contributed by atoms with Crippen molar-refractivity contribution in [2.24, 2.45) is 20.0 Å².